The van der Waals surface area contributed by atoms with Gasteiger partial charge in [0.15, 0.2) is 11.5 Å². The summed E-state index contributed by atoms with van der Waals surface area (Å²) in [6, 6.07) is 8.09. The summed E-state index contributed by atoms with van der Waals surface area (Å²) < 4.78 is 26.7. The third-order valence-corrected chi connectivity index (χ3v) is 6.03. The van der Waals surface area contributed by atoms with Crippen molar-refractivity contribution >= 4 is 11.9 Å². The molecule has 1 heterocycles. The Bertz CT molecular complexity index is 1100. The molecule has 3 N–H and O–H groups in total. The van der Waals surface area contributed by atoms with Crippen LogP contribution in [0.5, 0.6) is 17.2 Å². The van der Waals surface area contributed by atoms with Gasteiger partial charge in [0.2, 0.25) is 5.75 Å². The maximum absolute atomic E-state index is 12.6. The molecule has 10 heteroatoms. The average Bonchev–Trinajstić information content (AvgIpc) is 3.12. The van der Waals surface area contributed by atoms with Crippen molar-refractivity contribution in [2.24, 2.45) is 5.41 Å². The van der Waals surface area contributed by atoms with Crippen LogP contribution in [0.3, 0.4) is 0 Å². The molecule has 1 aliphatic heterocycles. The van der Waals surface area contributed by atoms with E-state index in [2.05, 4.69) is 0 Å². The maximum atomic E-state index is 12.6. The molecule has 1 saturated carbocycles. The Kier molecular flexibility index (Phi) is 6.39. The molecule has 0 unspecified atom stereocenters. The predicted octanol–water partition coefficient (Wildman–Crippen LogP) is 2.11. The van der Waals surface area contributed by atoms with E-state index in [0.29, 0.717) is 35.1 Å². The van der Waals surface area contributed by atoms with Gasteiger partial charge in [0, 0.05) is 11.1 Å². The summed E-state index contributed by atoms with van der Waals surface area (Å²) in [6.45, 7) is 2.12. The second-order valence-corrected chi connectivity index (χ2v) is 8.24. The van der Waals surface area contributed by atoms with Crippen LogP contribution in [0.15, 0.2) is 30.3 Å². The Balaban J connectivity index is 1.76. The van der Waals surface area contributed by atoms with Crippen molar-refractivity contribution in [2.75, 3.05) is 20.3 Å². The molecule has 0 bridgehead atoms. The molecule has 0 amide bonds. The summed E-state index contributed by atoms with van der Waals surface area (Å²) in [5.41, 5.74) is 1.57. The van der Waals surface area contributed by atoms with E-state index < -0.39 is 17.5 Å². The fourth-order valence-corrected chi connectivity index (χ4v) is 4.14. The third kappa shape index (κ3) is 4.52. The quantitative estimate of drug-likeness (QED) is 0.365. The lowest BCUT2D eigenvalue weighted by Gasteiger charge is -2.38. The normalized spacial score (nSPS) is 16.2. The molecular weight excluding hydrogens is 448 g/mol. The fraction of sp³-hybridized carbons (Fsp3) is 0.417. The lowest BCUT2D eigenvalue weighted by molar-refractivity contribution is -0.419. The monoisotopic (exact) mass is 474 g/mol. The summed E-state index contributed by atoms with van der Waals surface area (Å²) in [4.78, 5) is 24.4. The summed E-state index contributed by atoms with van der Waals surface area (Å²) in [7, 11) is 1.33. The number of carbonyl (C=O) groups excluding carboxylic acids is 2. The Morgan fingerprint density at radius 1 is 1.12 bits per heavy atom. The number of benzene rings is 2. The van der Waals surface area contributed by atoms with Crippen molar-refractivity contribution in [3.8, 4) is 28.4 Å². The van der Waals surface area contributed by atoms with Crippen LogP contribution in [0.2, 0.25) is 0 Å². The molecule has 10 nitrogen and oxygen atoms in total. The van der Waals surface area contributed by atoms with E-state index >= 15 is 0 Å². The van der Waals surface area contributed by atoms with Crippen LogP contribution in [0, 0.1) is 5.41 Å². The van der Waals surface area contributed by atoms with E-state index in [1.54, 1.807) is 31.2 Å². The highest BCUT2D eigenvalue weighted by Crippen LogP contribution is 2.48. The van der Waals surface area contributed by atoms with Crippen molar-refractivity contribution in [1.29, 1.82) is 0 Å². The number of aliphatic hydroxyl groups is 3. The van der Waals surface area contributed by atoms with Gasteiger partial charge in [-0.3, -0.25) is 4.79 Å². The SMILES string of the molecule is CCOC(=O)C1(COc2c(-c3ccc4c(c3)COC4=O)ccc(OC(O)(O)O)c2OC)CCC1. The lowest BCUT2D eigenvalue weighted by atomic mass is 9.69. The van der Waals surface area contributed by atoms with Gasteiger partial charge in [0.05, 0.1) is 19.3 Å². The lowest BCUT2D eigenvalue weighted by Crippen LogP contribution is -2.44. The summed E-state index contributed by atoms with van der Waals surface area (Å²) in [5, 5.41) is 28.0. The molecule has 2 aromatic carbocycles. The van der Waals surface area contributed by atoms with Crippen LogP contribution in [0.25, 0.3) is 11.1 Å². The number of ether oxygens (including phenoxy) is 5. The first-order valence-electron chi connectivity index (χ1n) is 10.8. The van der Waals surface area contributed by atoms with Gasteiger partial charge in [-0.05, 0) is 49.6 Å². The average molecular weight is 474 g/mol. The van der Waals surface area contributed by atoms with Gasteiger partial charge in [-0.25, -0.2) is 4.79 Å². The Labute approximate surface area is 195 Å². The van der Waals surface area contributed by atoms with Crippen LogP contribution in [0.4, 0.5) is 0 Å². The first-order chi connectivity index (χ1) is 16.2. The minimum atomic E-state index is -3.45. The largest absolute Gasteiger partial charge is 0.490 e. The van der Waals surface area contributed by atoms with E-state index in [9.17, 15) is 24.9 Å². The van der Waals surface area contributed by atoms with Crippen LogP contribution >= 0.6 is 0 Å². The number of fused-ring (bicyclic) bond motifs is 1. The molecule has 0 spiro atoms. The van der Waals surface area contributed by atoms with Gasteiger partial charge < -0.3 is 39.0 Å². The minimum Gasteiger partial charge on any atom is -0.490 e. The topological polar surface area (TPSA) is 141 Å². The first-order valence-corrected chi connectivity index (χ1v) is 10.8. The molecule has 2 aromatic rings. The van der Waals surface area contributed by atoms with Gasteiger partial charge in [0.1, 0.15) is 18.6 Å². The van der Waals surface area contributed by atoms with Gasteiger partial charge in [0.25, 0.3) is 0 Å². The molecule has 0 radical (unpaired) electrons. The van der Waals surface area contributed by atoms with Crippen LogP contribution in [-0.4, -0.2) is 53.7 Å². The Morgan fingerprint density at radius 3 is 2.47 bits per heavy atom. The van der Waals surface area contributed by atoms with Crippen molar-refractivity contribution in [3.63, 3.8) is 0 Å². The number of rotatable bonds is 9. The number of esters is 2. The van der Waals surface area contributed by atoms with Gasteiger partial charge in [-0.2, -0.15) is 0 Å². The number of methoxy groups -OCH3 is 1. The van der Waals surface area contributed by atoms with E-state index in [0.717, 1.165) is 6.42 Å². The highest BCUT2D eigenvalue weighted by molar-refractivity contribution is 5.94. The molecule has 4 rings (SSSR count). The van der Waals surface area contributed by atoms with Gasteiger partial charge >= 0.3 is 18.1 Å². The molecule has 0 saturated heterocycles. The molecule has 182 valence electrons. The first kappa shape index (κ1) is 23.8. The molecule has 1 aliphatic carbocycles. The maximum Gasteiger partial charge on any atom is 0.453 e. The number of hydrogen-bond donors (Lipinski definition) is 3. The fourth-order valence-electron chi connectivity index (χ4n) is 4.14. The van der Waals surface area contributed by atoms with Crippen molar-refractivity contribution in [3.05, 3.63) is 41.5 Å². The number of hydrogen-bond acceptors (Lipinski definition) is 10. The van der Waals surface area contributed by atoms with Crippen LogP contribution in [0.1, 0.15) is 42.1 Å². The summed E-state index contributed by atoms with van der Waals surface area (Å²) in [6.07, 6.45) is -1.39. The van der Waals surface area contributed by atoms with E-state index in [1.807, 2.05) is 0 Å². The highest BCUT2D eigenvalue weighted by Gasteiger charge is 2.47. The molecule has 34 heavy (non-hydrogen) atoms. The Morgan fingerprint density at radius 2 is 1.85 bits per heavy atom. The summed E-state index contributed by atoms with van der Waals surface area (Å²) >= 11 is 0. The molecular formula is C24H26O10. The zero-order chi connectivity index (χ0) is 24.5. The minimum absolute atomic E-state index is 0.00625. The second kappa shape index (κ2) is 9.13. The second-order valence-electron chi connectivity index (χ2n) is 8.24. The zero-order valence-corrected chi connectivity index (χ0v) is 18.8. The molecule has 0 atom stereocenters. The number of cyclic esters (lactones) is 1. The molecule has 1 fully saturated rings. The van der Waals surface area contributed by atoms with E-state index in [4.69, 9.17) is 23.7 Å². The van der Waals surface area contributed by atoms with Crippen molar-refractivity contribution in [1.82, 2.24) is 0 Å². The summed E-state index contributed by atoms with van der Waals surface area (Å²) in [5.74, 6) is -0.809. The highest BCUT2D eigenvalue weighted by atomic mass is 16.9. The molecule has 2 aliphatic rings. The third-order valence-electron chi connectivity index (χ3n) is 6.03. The van der Waals surface area contributed by atoms with Crippen molar-refractivity contribution in [2.45, 2.75) is 39.0 Å². The van der Waals surface area contributed by atoms with Crippen molar-refractivity contribution < 1.29 is 48.6 Å². The standard InChI is InChI=1S/C24H26O10/c1-3-31-22(26)23(9-4-10-23)13-33-19-16(7-8-18(20(19)30-2)34-24(27,28)29)14-5-6-17-15(11-14)12-32-21(17)25/h5-8,11,27-29H,3-4,9-10,12-13H2,1-2H3. The van der Waals surface area contributed by atoms with E-state index in [-0.39, 0.29) is 43.0 Å². The van der Waals surface area contributed by atoms with E-state index in [1.165, 1.54) is 13.2 Å². The number of carbonyl (C=O) groups is 2. The van der Waals surface area contributed by atoms with Crippen LogP contribution in [-0.2, 0) is 20.9 Å². The Hall–Kier alpha value is -3.34. The zero-order valence-electron chi connectivity index (χ0n) is 18.8. The van der Waals surface area contributed by atoms with Gasteiger partial charge in [-0.1, -0.05) is 12.5 Å². The predicted molar refractivity (Wildman–Crippen MR) is 116 cm³/mol. The smallest absolute Gasteiger partial charge is 0.453 e. The van der Waals surface area contributed by atoms with Gasteiger partial charge in [-0.15, -0.1) is 0 Å². The molecule has 0 aromatic heterocycles. The van der Waals surface area contributed by atoms with Crippen LogP contribution < -0.4 is 14.2 Å².